The summed E-state index contributed by atoms with van der Waals surface area (Å²) in [5, 5.41) is 25.7. The summed E-state index contributed by atoms with van der Waals surface area (Å²) in [5.74, 6) is 0. The van der Waals surface area contributed by atoms with Crippen molar-refractivity contribution in [2.24, 2.45) is 0 Å². The molecule has 2 atom stereocenters. The summed E-state index contributed by atoms with van der Waals surface area (Å²) >= 11 is 0. The highest BCUT2D eigenvalue weighted by molar-refractivity contribution is 4.51. The SMILES string of the molecule is CC(O)COC(C)C(O)O. The van der Waals surface area contributed by atoms with E-state index in [4.69, 9.17) is 20.1 Å². The minimum Gasteiger partial charge on any atom is -0.391 e. The second-order valence-electron chi connectivity index (χ2n) is 2.30. The zero-order valence-electron chi connectivity index (χ0n) is 6.19. The zero-order valence-corrected chi connectivity index (χ0v) is 6.19. The van der Waals surface area contributed by atoms with E-state index in [1.807, 2.05) is 0 Å². The molecular formula is C6H14O4. The van der Waals surface area contributed by atoms with Gasteiger partial charge >= 0.3 is 0 Å². The van der Waals surface area contributed by atoms with Gasteiger partial charge in [-0.1, -0.05) is 0 Å². The lowest BCUT2D eigenvalue weighted by molar-refractivity contribution is -0.146. The highest BCUT2D eigenvalue weighted by Gasteiger charge is 2.10. The average molecular weight is 150 g/mol. The quantitative estimate of drug-likeness (QED) is 0.453. The molecule has 4 nitrogen and oxygen atoms in total. The van der Waals surface area contributed by atoms with Crippen LogP contribution in [0, 0.1) is 0 Å². The van der Waals surface area contributed by atoms with Crippen LogP contribution in [0.3, 0.4) is 0 Å². The summed E-state index contributed by atoms with van der Waals surface area (Å²) in [4.78, 5) is 0. The predicted molar refractivity (Wildman–Crippen MR) is 35.3 cm³/mol. The van der Waals surface area contributed by atoms with Crippen molar-refractivity contribution in [3.05, 3.63) is 0 Å². The van der Waals surface area contributed by atoms with Crippen LogP contribution in [0.2, 0.25) is 0 Å². The monoisotopic (exact) mass is 150 g/mol. The molecule has 0 aromatic carbocycles. The lowest BCUT2D eigenvalue weighted by atomic mass is 10.4. The summed E-state index contributed by atoms with van der Waals surface area (Å²) in [6.45, 7) is 3.21. The summed E-state index contributed by atoms with van der Waals surface area (Å²) in [6.07, 6.45) is -2.69. The summed E-state index contributed by atoms with van der Waals surface area (Å²) in [7, 11) is 0. The van der Waals surface area contributed by atoms with Crippen LogP contribution in [0.15, 0.2) is 0 Å². The van der Waals surface area contributed by atoms with Crippen molar-refractivity contribution in [3.63, 3.8) is 0 Å². The third-order valence-electron chi connectivity index (χ3n) is 1.02. The molecule has 0 rings (SSSR count). The van der Waals surface area contributed by atoms with Gasteiger partial charge in [0.25, 0.3) is 0 Å². The molecule has 0 saturated heterocycles. The lowest BCUT2D eigenvalue weighted by Gasteiger charge is -2.15. The smallest absolute Gasteiger partial charge is 0.178 e. The van der Waals surface area contributed by atoms with Crippen molar-refractivity contribution in [1.29, 1.82) is 0 Å². The molecule has 0 aliphatic heterocycles. The number of hydrogen-bond donors (Lipinski definition) is 3. The third-order valence-corrected chi connectivity index (χ3v) is 1.02. The molecular weight excluding hydrogens is 136 g/mol. The summed E-state index contributed by atoms with van der Waals surface area (Å²) < 4.78 is 4.81. The lowest BCUT2D eigenvalue weighted by Crippen LogP contribution is -2.28. The van der Waals surface area contributed by atoms with Crippen LogP contribution in [0.5, 0.6) is 0 Å². The third kappa shape index (κ3) is 4.69. The average Bonchev–Trinajstić information content (AvgIpc) is 1.82. The normalized spacial score (nSPS) is 17.4. The maximum Gasteiger partial charge on any atom is 0.178 e. The van der Waals surface area contributed by atoms with Crippen molar-refractivity contribution in [3.8, 4) is 0 Å². The van der Waals surface area contributed by atoms with Crippen molar-refractivity contribution in [2.45, 2.75) is 32.3 Å². The van der Waals surface area contributed by atoms with E-state index in [1.165, 1.54) is 6.92 Å². The van der Waals surface area contributed by atoms with Gasteiger partial charge in [-0.15, -0.1) is 0 Å². The van der Waals surface area contributed by atoms with E-state index in [0.717, 1.165) is 0 Å². The molecule has 0 heterocycles. The maximum absolute atomic E-state index is 8.69. The van der Waals surface area contributed by atoms with Crippen molar-refractivity contribution in [1.82, 2.24) is 0 Å². The first-order chi connectivity index (χ1) is 4.54. The van der Waals surface area contributed by atoms with Crippen molar-refractivity contribution < 1.29 is 20.1 Å². The minimum atomic E-state index is -1.47. The first-order valence-corrected chi connectivity index (χ1v) is 3.20. The fourth-order valence-electron chi connectivity index (χ4n) is 0.377. The molecule has 62 valence electrons. The second kappa shape index (κ2) is 4.62. The predicted octanol–water partition coefficient (Wildman–Crippen LogP) is -0.917. The van der Waals surface area contributed by atoms with Crippen LogP contribution in [-0.2, 0) is 4.74 Å². The Morgan fingerprint density at radius 3 is 2.00 bits per heavy atom. The maximum atomic E-state index is 8.69. The van der Waals surface area contributed by atoms with Crippen LogP contribution in [0.1, 0.15) is 13.8 Å². The van der Waals surface area contributed by atoms with Gasteiger partial charge in [-0.25, -0.2) is 0 Å². The van der Waals surface area contributed by atoms with Crippen LogP contribution in [-0.4, -0.2) is 40.4 Å². The first kappa shape index (κ1) is 9.84. The zero-order chi connectivity index (χ0) is 8.15. The molecule has 0 aromatic rings. The Labute approximate surface area is 60.1 Å². The molecule has 2 unspecified atom stereocenters. The van der Waals surface area contributed by atoms with Gasteiger partial charge in [0.15, 0.2) is 6.29 Å². The Hall–Kier alpha value is -0.160. The number of aliphatic hydroxyl groups is 3. The first-order valence-electron chi connectivity index (χ1n) is 3.20. The molecule has 0 aliphatic carbocycles. The molecule has 4 heteroatoms. The number of ether oxygens (including phenoxy) is 1. The van der Waals surface area contributed by atoms with Gasteiger partial charge in [0.2, 0.25) is 0 Å². The van der Waals surface area contributed by atoms with Gasteiger partial charge in [-0.2, -0.15) is 0 Å². The van der Waals surface area contributed by atoms with E-state index in [0.29, 0.717) is 0 Å². The van der Waals surface area contributed by atoms with E-state index >= 15 is 0 Å². The molecule has 0 spiro atoms. The molecule has 0 bridgehead atoms. The molecule has 0 saturated carbocycles. The fraction of sp³-hybridized carbons (Fsp3) is 1.00. The second-order valence-corrected chi connectivity index (χ2v) is 2.30. The van der Waals surface area contributed by atoms with Crippen LogP contribution < -0.4 is 0 Å². The Bertz CT molecular complexity index is 81.8. The largest absolute Gasteiger partial charge is 0.391 e. The van der Waals surface area contributed by atoms with Crippen molar-refractivity contribution in [2.75, 3.05) is 6.61 Å². The Balaban J connectivity index is 3.30. The van der Waals surface area contributed by atoms with Gasteiger partial charge < -0.3 is 20.1 Å². The molecule has 0 aromatic heterocycles. The number of aliphatic hydroxyl groups excluding tert-OH is 2. The van der Waals surface area contributed by atoms with Gasteiger partial charge in [-0.05, 0) is 13.8 Å². The van der Waals surface area contributed by atoms with Gasteiger partial charge in [0.1, 0.15) is 6.10 Å². The molecule has 10 heavy (non-hydrogen) atoms. The molecule has 0 radical (unpaired) electrons. The Kier molecular flexibility index (Phi) is 4.55. The minimum absolute atomic E-state index is 0.124. The van der Waals surface area contributed by atoms with Crippen LogP contribution in [0.25, 0.3) is 0 Å². The van der Waals surface area contributed by atoms with Gasteiger partial charge in [-0.3, -0.25) is 0 Å². The number of rotatable bonds is 4. The topological polar surface area (TPSA) is 69.9 Å². The van der Waals surface area contributed by atoms with E-state index in [1.54, 1.807) is 6.92 Å². The van der Waals surface area contributed by atoms with E-state index in [-0.39, 0.29) is 6.61 Å². The molecule has 0 fully saturated rings. The van der Waals surface area contributed by atoms with Gasteiger partial charge in [0, 0.05) is 0 Å². The van der Waals surface area contributed by atoms with Gasteiger partial charge in [0.05, 0.1) is 12.7 Å². The summed E-state index contributed by atoms with van der Waals surface area (Å²) in [6, 6.07) is 0. The van der Waals surface area contributed by atoms with E-state index in [2.05, 4.69) is 0 Å². The van der Waals surface area contributed by atoms with Crippen molar-refractivity contribution >= 4 is 0 Å². The Morgan fingerprint density at radius 2 is 1.70 bits per heavy atom. The van der Waals surface area contributed by atoms with Crippen LogP contribution >= 0.6 is 0 Å². The fourth-order valence-corrected chi connectivity index (χ4v) is 0.377. The van der Waals surface area contributed by atoms with E-state index < -0.39 is 18.5 Å². The van der Waals surface area contributed by atoms with E-state index in [9.17, 15) is 0 Å². The molecule has 0 amide bonds. The highest BCUT2D eigenvalue weighted by atomic mass is 16.6. The van der Waals surface area contributed by atoms with Crippen LogP contribution in [0.4, 0.5) is 0 Å². The highest BCUT2D eigenvalue weighted by Crippen LogP contribution is 1.95. The standard InChI is InChI=1S/C6H14O4/c1-4(7)3-10-5(2)6(8)9/h4-9H,3H2,1-2H3. The molecule has 3 N–H and O–H groups in total. The Morgan fingerprint density at radius 1 is 1.20 bits per heavy atom. The molecule has 0 aliphatic rings. The number of hydrogen-bond acceptors (Lipinski definition) is 4. The summed E-state index contributed by atoms with van der Waals surface area (Å²) in [5.41, 5.74) is 0.